The molecular formula is C11H11N3. The van der Waals surface area contributed by atoms with E-state index in [1.54, 1.807) is 6.20 Å². The van der Waals surface area contributed by atoms with Crippen LogP contribution >= 0.6 is 0 Å². The van der Waals surface area contributed by atoms with Gasteiger partial charge in [-0.2, -0.15) is 10.5 Å². The molecule has 0 aromatic carbocycles. The van der Waals surface area contributed by atoms with E-state index < -0.39 is 0 Å². The molecule has 0 radical (unpaired) electrons. The molecule has 3 heteroatoms. The monoisotopic (exact) mass is 185 g/mol. The summed E-state index contributed by atoms with van der Waals surface area (Å²) >= 11 is 0. The van der Waals surface area contributed by atoms with Crippen LogP contribution in [0.15, 0.2) is 12.3 Å². The Morgan fingerprint density at radius 2 is 2.21 bits per heavy atom. The summed E-state index contributed by atoms with van der Waals surface area (Å²) in [6.45, 7) is 3.69. The van der Waals surface area contributed by atoms with Crippen LogP contribution in [0.25, 0.3) is 0 Å². The second kappa shape index (κ2) is 4.39. The van der Waals surface area contributed by atoms with Gasteiger partial charge in [0.25, 0.3) is 0 Å². The maximum atomic E-state index is 8.74. The lowest BCUT2D eigenvalue weighted by molar-refractivity contribution is 0.946. The van der Waals surface area contributed by atoms with E-state index in [1.807, 2.05) is 19.9 Å². The van der Waals surface area contributed by atoms with Gasteiger partial charge in [-0.05, 0) is 25.0 Å². The molecule has 0 spiro atoms. The van der Waals surface area contributed by atoms with Crippen molar-refractivity contribution >= 4 is 0 Å². The zero-order valence-electron chi connectivity index (χ0n) is 8.28. The van der Waals surface area contributed by atoms with E-state index in [0.29, 0.717) is 6.42 Å². The molecule has 0 saturated carbocycles. The molecule has 1 rings (SSSR count). The second-order valence-electron chi connectivity index (χ2n) is 3.20. The zero-order chi connectivity index (χ0) is 10.6. The molecule has 0 amide bonds. The molecule has 0 saturated heterocycles. The third-order valence-corrected chi connectivity index (χ3v) is 2.18. The number of nitrogens with zero attached hydrogens (tertiary/aromatic N) is 3. The molecule has 0 aliphatic heterocycles. The first kappa shape index (κ1) is 10.2. The van der Waals surface area contributed by atoms with Crippen LogP contribution in [-0.2, 0) is 6.42 Å². The van der Waals surface area contributed by atoms with Crippen molar-refractivity contribution in [2.75, 3.05) is 0 Å². The minimum Gasteiger partial charge on any atom is -0.261 e. The van der Waals surface area contributed by atoms with Gasteiger partial charge in [-0.3, -0.25) is 4.98 Å². The van der Waals surface area contributed by atoms with Gasteiger partial charge in [-0.15, -0.1) is 0 Å². The number of aromatic nitrogens is 1. The molecule has 1 heterocycles. The van der Waals surface area contributed by atoms with Gasteiger partial charge in [0.2, 0.25) is 0 Å². The first-order valence-corrected chi connectivity index (χ1v) is 4.41. The van der Waals surface area contributed by atoms with Gasteiger partial charge in [-0.1, -0.05) is 6.07 Å². The highest BCUT2D eigenvalue weighted by Crippen LogP contribution is 2.16. The normalized spacial score (nSPS) is 11.4. The summed E-state index contributed by atoms with van der Waals surface area (Å²) in [6, 6.07) is 6.12. The topological polar surface area (TPSA) is 60.5 Å². The second-order valence-corrected chi connectivity index (χ2v) is 3.20. The van der Waals surface area contributed by atoms with Crippen LogP contribution in [0.3, 0.4) is 0 Å². The zero-order valence-corrected chi connectivity index (χ0v) is 8.28. The van der Waals surface area contributed by atoms with Crippen LogP contribution in [0.1, 0.15) is 29.7 Å². The lowest BCUT2D eigenvalue weighted by Gasteiger charge is -2.06. The molecule has 14 heavy (non-hydrogen) atoms. The summed E-state index contributed by atoms with van der Waals surface area (Å²) in [5, 5.41) is 17.3. The summed E-state index contributed by atoms with van der Waals surface area (Å²) in [6.07, 6.45) is 2.05. The summed E-state index contributed by atoms with van der Waals surface area (Å²) < 4.78 is 0. The Morgan fingerprint density at radius 1 is 1.50 bits per heavy atom. The third-order valence-electron chi connectivity index (χ3n) is 2.18. The van der Waals surface area contributed by atoms with Crippen molar-refractivity contribution in [1.82, 2.24) is 4.98 Å². The van der Waals surface area contributed by atoms with Crippen LogP contribution in [0.5, 0.6) is 0 Å². The molecule has 0 N–H and O–H groups in total. The first-order chi connectivity index (χ1) is 6.69. The maximum Gasteiger partial charge on any atom is 0.0701 e. The van der Waals surface area contributed by atoms with Gasteiger partial charge in [0.05, 0.1) is 24.5 Å². The van der Waals surface area contributed by atoms with Crippen molar-refractivity contribution < 1.29 is 0 Å². The average molecular weight is 185 g/mol. The Bertz CT molecular complexity index is 410. The molecule has 0 aliphatic rings. The Kier molecular flexibility index (Phi) is 3.20. The van der Waals surface area contributed by atoms with E-state index in [0.717, 1.165) is 16.8 Å². The summed E-state index contributed by atoms with van der Waals surface area (Å²) in [4.78, 5) is 4.16. The highest BCUT2D eigenvalue weighted by atomic mass is 14.7. The highest BCUT2D eigenvalue weighted by molar-refractivity contribution is 5.30. The van der Waals surface area contributed by atoms with Gasteiger partial charge in [0.1, 0.15) is 0 Å². The molecule has 70 valence electrons. The molecule has 1 unspecified atom stereocenters. The van der Waals surface area contributed by atoms with Gasteiger partial charge in [0.15, 0.2) is 0 Å². The minimum absolute atomic E-state index is 0.166. The lowest BCUT2D eigenvalue weighted by Crippen LogP contribution is -1.97. The predicted octanol–water partition coefficient (Wildman–Crippen LogP) is 2.08. The molecule has 1 aromatic rings. The van der Waals surface area contributed by atoms with Crippen molar-refractivity contribution in [2.24, 2.45) is 0 Å². The van der Waals surface area contributed by atoms with Crippen LogP contribution in [0, 0.1) is 29.6 Å². The standard InChI is InChI=1S/C11H11N3/c1-8(6-13)11-5-10(3-4-12)9(2)14-7-11/h5,7-8H,3H2,1-2H3. The quantitative estimate of drug-likeness (QED) is 0.708. The van der Waals surface area contributed by atoms with Crippen molar-refractivity contribution in [3.05, 3.63) is 29.1 Å². The molecule has 1 atom stereocenters. The largest absolute Gasteiger partial charge is 0.261 e. The first-order valence-electron chi connectivity index (χ1n) is 4.41. The van der Waals surface area contributed by atoms with E-state index in [9.17, 15) is 0 Å². The van der Waals surface area contributed by atoms with Gasteiger partial charge in [-0.25, -0.2) is 0 Å². The maximum absolute atomic E-state index is 8.74. The molecule has 0 bridgehead atoms. The average Bonchev–Trinajstić information content (AvgIpc) is 2.20. The molecular weight excluding hydrogens is 174 g/mol. The van der Waals surface area contributed by atoms with E-state index >= 15 is 0 Å². The van der Waals surface area contributed by atoms with Gasteiger partial charge < -0.3 is 0 Å². The Morgan fingerprint density at radius 3 is 2.79 bits per heavy atom. The number of hydrogen-bond acceptors (Lipinski definition) is 3. The van der Waals surface area contributed by atoms with E-state index in [4.69, 9.17) is 10.5 Å². The fourth-order valence-electron chi connectivity index (χ4n) is 1.17. The summed E-state index contributed by atoms with van der Waals surface area (Å²) in [5.74, 6) is -0.166. The Hall–Kier alpha value is -1.87. The number of pyridine rings is 1. The molecule has 1 aromatic heterocycles. The third kappa shape index (κ3) is 2.08. The van der Waals surface area contributed by atoms with Crippen molar-refractivity contribution in [1.29, 1.82) is 10.5 Å². The van der Waals surface area contributed by atoms with Crippen LogP contribution in [0.2, 0.25) is 0 Å². The number of hydrogen-bond donors (Lipinski definition) is 0. The Labute approximate surface area is 83.6 Å². The molecule has 0 fully saturated rings. The molecule has 0 aliphatic carbocycles. The fraction of sp³-hybridized carbons (Fsp3) is 0.364. The predicted molar refractivity (Wildman–Crippen MR) is 52.3 cm³/mol. The van der Waals surface area contributed by atoms with Crippen LogP contribution in [-0.4, -0.2) is 4.98 Å². The Balaban J connectivity index is 3.08. The summed E-state index contributed by atoms with van der Waals surface area (Å²) in [7, 11) is 0. The fourth-order valence-corrected chi connectivity index (χ4v) is 1.17. The van der Waals surface area contributed by atoms with Crippen LogP contribution in [0.4, 0.5) is 0 Å². The van der Waals surface area contributed by atoms with E-state index in [1.165, 1.54) is 0 Å². The number of nitriles is 2. The van der Waals surface area contributed by atoms with Crippen molar-refractivity contribution in [2.45, 2.75) is 26.2 Å². The van der Waals surface area contributed by atoms with Crippen molar-refractivity contribution in [3.8, 4) is 12.1 Å². The van der Waals surface area contributed by atoms with Crippen molar-refractivity contribution in [3.63, 3.8) is 0 Å². The van der Waals surface area contributed by atoms with Gasteiger partial charge in [0, 0.05) is 11.9 Å². The van der Waals surface area contributed by atoms with Gasteiger partial charge >= 0.3 is 0 Å². The minimum atomic E-state index is -0.166. The smallest absolute Gasteiger partial charge is 0.0701 e. The number of aryl methyl sites for hydroxylation is 1. The number of rotatable bonds is 2. The van der Waals surface area contributed by atoms with E-state index in [-0.39, 0.29) is 5.92 Å². The van der Waals surface area contributed by atoms with Crippen LogP contribution < -0.4 is 0 Å². The SMILES string of the molecule is Cc1ncc(C(C)C#N)cc1CC#N. The lowest BCUT2D eigenvalue weighted by atomic mass is 10.0. The summed E-state index contributed by atoms with van der Waals surface area (Å²) in [5.41, 5.74) is 2.65. The molecule has 3 nitrogen and oxygen atoms in total. The highest BCUT2D eigenvalue weighted by Gasteiger charge is 2.07. The van der Waals surface area contributed by atoms with E-state index in [2.05, 4.69) is 17.1 Å².